The third-order valence-corrected chi connectivity index (χ3v) is 6.21. The maximum atomic E-state index is 13.8. The van der Waals surface area contributed by atoms with Crippen LogP contribution in [0.15, 0.2) is 115 Å². The topological polar surface area (TPSA) is 45.2 Å². The van der Waals surface area contributed by atoms with Gasteiger partial charge in [-0.3, -0.25) is 4.79 Å². The third kappa shape index (κ3) is 5.26. The van der Waals surface area contributed by atoms with Gasteiger partial charge in [0, 0.05) is 29.6 Å². The van der Waals surface area contributed by atoms with Gasteiger partial charge < -0.3 is 10.2 Å². The summed E-state index contributed by atoms with van der Waals surface area (Å²) in [7, 11) is 0. The number of pyridine rings is 1. The van der Waals surface area contributed by atoms with Crippen LogP contribution in [-0.4, -0.2) is 10.9 Å². The highest BCUT2D eigenvalue weighted by Gasteiger charge is 2.20. The number of nitrogens with one attached hydrogen (secondary N) is 1. The minimum Gasteiger partial charge on any atom is -0.363 e. The van der Waals surface area contributed by atoms with Crippen LogP contribution in [0.2, 0.25) is 0 Å². The highest BCUT2D eigenvalue weighted by Crippen LogP contribution is 2.26. The minimum absolute atomic E-state index is 0.0377. The molecular weight excluding hydrogens is 449 g/mol. The van der Waals surface area contributed by atoms with Crippen molar-refractivity contribution in [2.75, 3.05) is 10.2 Å². The molecule has 178 valence electrons. The Morgan fingerprint density at radius 1 is 0.861 bits per heavy atom. The summed E-state index contributed by atoms with van der Waals surface area (Å²) < 4.78 is 13.5. The summed E-state index contributed by atoms with van der Waals surface area (Å²) in [5, 5.41) is 5.50. The number of halogens is 1. The Hall–Kier alpha value is -4.51. The quantitative estimate of drug-likeness (QED) is 0.267. The number of benzene rings is 4. The average molecular weight is 476 g/mol. The molecule has 0 aliphatic heterocycles. The van der Waals surface area contributed by atoms with E-state index in [0.29, 0.717) is 23.6 Å². The van der Waals surface area contributed by atoms with E-state index in [-0.39, 0.29) is 17.8 Å². The zero-order valence-corrected chi connectivity index (χ0v) is 19.9. The highest BCUT2D eigenvalue weighted by atomic mass is 19.1. The standard InChI is InChI=1S/C31H26FN3O/c1-22(24-7-3-2-4-8-24)34-30-20-29(17-18-33-30)35(21-23-11-15-28(32)16-12-23)31(36)27-14-13-25-9-5-6-10-26(25)19-27/h2-20,22H,21H2,1H3,(H,33,34)/t22-/m0/s1. The second-order valence-corrected chi connectivity index (χ2v) is 8.76. The summed E-state index contributed by atoms with van der Waals surface area (Å²) in [6.45, 7) is 2.36. The zero-order chi connectivity index (χ0) is 24.9. The van der Waals surface area contributed by atoms with Gasteiger partial charge in [0.2, 0.25) is 0 Å². The van der Waals surface area contributed by atoms with Crippen molar-refractivity contribution in [2.24, 2.45) is 0 Å². The maximum Gasteiger partial charge on any atom is 0.258 e. The zero-order valence-electron chi connectivity index (χ0n) is 19.9. The van der Waals surface area contributed by atoms with Gasteiger partial charge in [0.05, 0.1) is 6.54 Å². The van der Waals surface area contributed by atoms with Crippen LogP contribution in [0, 0.1) is 5.82 Å². The van der Waals surface area contributed by atoms with E-state index in [0.717, 1.165) is 21.9 Å². The number of aromatic nitrogens is 1. The summed E-state index contributed by atoms with van der Waals surface area (Å²) >= 11 is 0. The van der Waals surface area contributed by atoms with Crippen molar-refractivity contribution in [3.8, 4) is 0 Å². The van der Waals surface area contributed by atoms with E-state index in [4.69, 9.17) is 0 Å². The Morgan fingerprint density at radius 2 is 1.58 bits per heavy atom. The molecule has 0 radical (unpaired) electrons. The number of carbonyl (C=O) groups excluding carboxylic acids is 1. The van der Waals surface area contributed by atoms with Crippen molar-refractivity contribution < 1.29 is 9.18 Å². The van der Waals surface area contributed by atoms with E-state index < -0.39 is 0 Å². The van der Waals surface area contributed by atoms with Crippen LogP contribution in [0.25, 0.3) is 10.8 Å². The normalized spacial score (nSPS) is 11.7. The van der Waals surface area contributed by atoms with E-state index in [1.54, 1.807) is 23.2 Å². The summed E-state index contributed by atoms with van der Waals surface area (Å²) in [5.74, 6) is 0.217. The SMILES string of the molecule is C[C@H](Nc1cc(N(Cc2ccc(F)cc2)C(=O)c2ccc3ccccc3c2)ccn1)c1ccccc1. The molecule has 4 aromatic carbocycles. The number of amides is 1. The lowest BCUT2D eigenvalue weighted by Crippen LogP contribution is -2.30. The van der Waals surface area contributed by atoms with Crippen LogP contribution in [-0.2, 0) is 6.54 Å². The number of carbonyl (C=O) groups is 1. The monoisotopic (exact) mass is 475 g/mol. The van der Waals surface area contributed by atoms with Crippen LogP contribution in [0.3, 0.4) is 0 Å². The molecule has 0 bridgehead atoms. The third-order valence-electron chi connectivity index (χ3n) is 6.21. The molecule has 36 heavy (non-hydrogen) atoms. The number of hydrogen-bond acceptors (Lipinski definition) is 3. The predicted octanol–water partition coefficient (Wildman–Crippen LogP) is 7.39. The van der Waals surface area contributed by atoms with E-state index in [2.05, 4.69) is 29.4 Å². The first-order valence-corrected chi connectivity index (χ1v) is 11.9. The molecule has 0 aliphatic rings. The lowest BCUT2D eigenvalue weighted by atomic mass is 10.1. The molecule has 1 atom stereocenters. The van der Waals surface area contributed by atoms with Gasteiger partial charge in [-0.1, -0.05) is 72.8 Å². The number of fused-ring (bicyclic) bond motifs is 1. The van der Waals surface area contributed by atoms with Crippen LogP contribution in [0.5, 0.6) is 0 Å². The summed E-state index contributed by atoms with van der Waals surface area (Å²) in [6.07, 6.45) is 1.70. The van der Waals surface area contributed by atoms with Gasteiger partial charge in [0.25, 0.3) is 5.91 Å². The van der Waals surface area contributed by atoms with E-state index in [1.807, 2.05) is 72.8 Å². The first kappa shape index (κ1) is 23.2. The molecule has 5 aromatic rings. The van der Waals surface area contributed by atoms with Crippen LogP contribution in [0.1, 0.15) is 34.5 Å². The van der Waals surface area contributed by atoms with Crippen molar-refractivity contribution in [2.45, 2.75) is 19.5 Å². The Labute approximate surface area is 210 Å². The fourth-order valence-corrected chi connectivity index (χ4v) is 4.24. The van der Waals surface area contributed by atoms with Crippen LogP contribution < -0.4 is 10.2 Å². The van der Waals surface area contributed by atoms with E-state index in [9.17, 15) is 9.18 Å². The Balaban J connectivity index is 1.48. The lowest BCUT2D eigenvalue weighted by Gasteiger charge is -2.24. The molecule has 0 unspecified atom stereocenters. The van der Waals surface area contributed by atoms with E-state index in [1.165, 1.54) is 12.1 Å². The number of rotatable bonds is 7. The summed E-state index contributed by atoms with van der Waals surface area (Å²) in [6, 6.07) is 33.8. The van der Waals surface area contributed by atoms with Crippen LogP contribution >= 0.6 is 0 Å². The van der Waals surface area contributed by atoms with Gasteiger partial charge in [0.15, 0.2) is 0 Å². The summed E-state index contributed by atoms with van der Waals surface area (Å²) in [4.78, 5) is 20.0. The minimum atomic E-state index is -0.309. The molecule has 1 heterocycles. The Morgan fingerprint density at radius 3 is 2.36 bits per heavy atom. The first-order valence-electron chi connectivity index (χ1n) is 11.9. The van der Waals surface area contributed by atoms with Gasteiger partial charge in [-0.15, -0.1) is 0 Å². The second-order valence-electron chi connectivity index (χ2n) is 8.76. The molecule has 0 saturated carbocycles. The number of hydrogen-bond donors (Lipinski definition) is 1. The van der Waals surface area contributed by atoms with Crippen molar-refractivity contribution in [3.05, 3.63) is 138 Å². The van der Waals surface area contributed by atoms with Gasteiger partial charge >= 0.3 is 0 Å². The molecule has 0 fully saturated rings. The fraction of sp³-hybridized carbons (Fsp3) is 0.0968. The maximum absolute atomic E-state index is 13.8. The second kappa shape index (κ2) is 10.4. The molecule has 5 heteroatoms. The van der Waals surface area contributed by atoms with Gasteiger partial charge in [-0.2, -0.15) is 0 Å². The largest absolute Gasteiger partial charge is 0.363 e. The molecule has 0 aliphatic carbocycles. The van der Waals surface area contributed by atoms with Crippen molar-refractivity contribution in [3.63, 3.8) is 0 Å². The molecule has 5 rings (SSSR count). The van der Waals surface area contributed by atoms with Gasteiger partial charge in [0.1, 0.15) is 11.6 Å². The fourth-order valence-electron chi connectivity index (χ4n) is 4.24. The Bertz CT molecular complexity index is 1490. The molecule has 0 saturated heterocycles. The predicted molar refractivity (Wildman–Crippen MR) is 144 cm³/mol. The highest BCUT2D eigenvalue weighted by molar-refractivity contribution is 6.08. The molecule has 1 amide bonds. The first-order chi connectivity index (χ1) is 17.6. The van der Waals surface area contributed by atoms with Crippen molar-refractivity contribution in [1.82, 2.24) is 4.98 Å². The van der Waals surface area contributed by atoms with Crippen molar-refractivity contribution in [1.29, 1.82) is 0 Å². The molecule has 1 aromatic heterocycles. The molecule has 0 spiro atoms. The van der Waals surface area contributed by atoms with Crippen LogP contribution in [0.4, 0.5) is 15.9 Å². The smallest absolute Gasteiger partial charge is 0.258 e. The average Bonchev–Trinajstić information content (AvgIpc) is 2.92. The molecule has 4 nitrogen and oxygen atoms in total. The molecular formula is C31H26FN3O. The summed E-state index contributed by atoms with van der Waals surface area (Å²) in [5.41, 5.74) is 3.25. The van der Waals surface area contributed by atoms with E-state index >= 15 is 0 Å². The van der Waals surface area contributed by atoms with Gasteiger partial charge in [-0.05, 0) is 59.2 Å². The van der Waals surface area contributed by atoms with Gasteiger partial charge in [-0.25, -0.2) is 9.37 Å². The van der Waals surface area contributed by atoms with Crippen molar-refractivity contribution >= 4 is 28.2 Å². The number of nitrogens with zero attached hydrogens (tertiary/aromatic N) is 2. The Kier molecular flexibility index (Phi) is 6.72. The molecule has 1 N–H and O–H groups in total. The lowest BCUT2D eigenvalue weighted by molar-refractivity contribution is 0.0985. The number of anilines is 2.